The average molecular weight is 314 g/mol. The van der Waals surface area contributed by atoms with E-state index in [-0.39, 0.29) is 11.3 Å². The fraction of sp³-hybridized carbons (Fsp3) is 0.533. The van der Waals surface area contributed by atoms with Crippen molar-refractivity contribution in [2.75, 3.05) is 0 Å². The summed E-state index contributed by atoms with van der Waals surface area (Å²) in [4.78, 5) is 12.4. The molecule has 0 amide bonds. The monoisotopic (exact) mass is 314 g/mol. The number of rotatable bonds is 2. The lowest BCUT2D eigenvalue weighted by molar-refractivity contribution is 0.0893. The summed E-state index contributed by atoms with van der Waals surface area (Å²) in [5, 5.41) is -0.909. The van der Waals surface area contributed by atoms with E-state index >= 15 is 0 Å². The number of hydrogen-bond donors (Lipinski definition) is 0. The van der Waals surface area contributed by atoms with Gasteiger partial charge in [0.25, 0.3) is 0 Å². The van der Waals surface area contributed by atoms with Crippen LogP contribution in [0.3, 0.4) is 0 Å². The molecule has 2 unspecified atom stereocenters. The van der Waals surface area contributed by atoms with Crippen LogP contribution in [0.2, 0.25) is 0 Å². The highest BCUT2D eigenvalue weighted by Gasteiger charge is 2.46. The minimum atomic E-state index is -3.12. The first kappa shape index (κ1) is 14.6. The number of carbonyl (C=O) groups is 1. The van der Waals surface area contributed by atoms with Crippen LogP contribution in [0.5, 0.6) is 0 Å². The van der Waals surface area contributed by atoms with Crippen LogP contribution < -0.4 is 0 Å². The molecule has 2 atom stereocenters. The van der Waals surface area contributed by atoms with E-state index in [4.69, 9.17) is 0 Å². The molecule has 1 aromatic rings. The van der Waals surface area contributed by atoms with Gasteiger partial charge in [0, 0.05) is 11.5 Å². The van der Waals surface area contributed by atoms with Crippen LogP contribution in [-0.4, -0.2) is 24.7 Å². The maximum atomic E-state index is 13.2. The van der Waals surface area contributed by atoms with Crippen molar-refractivity contribution in [2.24, 2.45) is 5.92 Å². The summed E-state index contributed by atoms with van der Waals surface area (Å²) < 4.78 is 50.5. The summed E-state index contributed by atoms with van der Waals surface area (Å²) in [7, 11) is -3.12. The molecule has 2 bridgehead atoms. The van der Waals surface area contributed by atoms with Crippen molar-refractivity contribution >= 4 is 15.6 Å². The van der Waals surface area contributed by atoms with Crippen LogP contribution in [0.25, 0.3) is 0 Å². The molecule has 0 aliphatic carbocycles. The summed E-state index contributed by atoms with van der Waals surface area (Å²) in [5.41, 5.74) is 0.122. The van der Waals surface area contributed by atoms with Gasteiger partial charge in [-0.2, -0.15) is 0 Å². The van der Waals surface area contributed by atoms with E-state index in [0.29, 0.717) is 25.7 Å². The SMILES string of the molecule is O=C(c1ccc(F)c(F)c1)C1CC2CCCC(C1)S2(=O)=O. The van der Waals surface area contributed by atoms with Gasteiger partial charge in [0.05, 0.1) is 10.5 Å². The third-order valence-corrected chi connectivity index (χ3v) is 7.37. The van der Waals surface area contributed by atoms with Crippen LogP contribution in [0.15, 0.2) is 18.2 Å². The van der Waals surface area contributed by atoms with Gasteiger partial charge in [-0.1, -0.05) is 6.42 Å². The van der Waals surface area contributed by atoms with E-state index in [9.17, 15) is 22.0 Å². The van der Waals surface area contributed by atoms with Gasteiger partial charge in [-0.05, 0) is 43.9 Å². The van der Waals surface area contributed by atoms with Gasteiger partial charge in [0.1, 0.15) is 0 Å². The second-order valence-corrected chi connectivity index (χ2v) is 8.44. The molecule has 2 saturated heterocycles. The van der Waals surface area contributed by atoms with Crippen molar-refractivity contribution in [3.63, 3.8) is 0 Å². The molecule has 0 saturated carbocycles. The van der Waals surface area contributed by atoms with Crippen LogP contribution in [0, 0.1) is 17.6 Å². The molecule has 2 fully saturated rings. The highest BCUT2D eigenvalue weighted by molar-refractivity contribution is 7.92. The first-order chi connectivity index (χ1) is 9.89. The van der Waals surface area contributed by atoms with Crippen molar-refractivity contribution in [1.29, 1.82) is 0 Å². The van der Waals surface area contributed by atoms with E-state index in [2.05, 4.69) is 0 Å². The Morgan fingerprint density at radius 1 is 1.05 bits per heavy atom. The Morgan fingerprint density at radius 2 is 1.67 bits per heavy atom. The van der Waals surface area contributed by atoms with E-state index < -0.39 is 37.9 Å². The Balaban J connectivity index is 1.85. The molecule has 2 aliphatic rings. The molecule has 1 aromatic carbocycles. The van der Waals surface area contributed by atoms with Gasteiger partial charge in [-0.25, -0.2) is 17.2 Å². The predicted molar refractivity (Wildman–Crippen MR) is 73.8 cm³/mol. The second kappa shape index (κ2) is 5.16. The van der Waals surface area contributed by atoms with Gasteiger partial charge < -0.3 is 0 Å². The predicted octanol–water partition coefficient (Wildman–Crippen LogP) is 2.89. The number of Topliss-reactive ketones (excluding diaryl/α,β-unsaturated/α-hetero) is 1. The standard InChI is InChI=1S/C15H16F2O3S/c16-13-5-4-9(8-14(13)17)15(18)10-6-11-2-1-3-12(7-10)21(11,19)20/h4-5,8,10-12H,1-3,6-7H2. The lowest BCUT2D eigenvalue weighted by Gasteiger charge is -2.38. The summed E-state index contributed by atoms with van der Waals surface area (Å²) >= 11 is 0. The molecule has 0 radical (unpaired) electrons. The van der Waals surface area contributed by atoms with Gasteiger partial charge in [0.15, 0.2) is 27.3 Å². The number of benzene rings is 1. The first-order valence-corrected chi connectivity index (χ1v) is 8.72. The largest absolute Gasteiger partial charge is 0.294 e. The number of sulfone groups is 1. The van der Waals surface area contributed by atoms with E-state index in [1.54, 1.807) is 0 Å². The Bertz CT molecular complexity index is 664. The van der Waals surface area contributed by atoms with Crippen molar-refractivity contribution in [3.05, 3.63) is 35.4 Å². The zero-order valence-corrected chi connectivity index (χ0v) is 12.2. The number of fused-ring (bicyclic) bond motifs is 2. The Kier molecular flexibility index (Phi) is 3.59. The molecule has 114 valence electrons. The molecular formula is C15H16F2O3S. The normalized spacial score (nSPS) is 30.9. The quantitative estimate of drug-likeness (QED) is 0.789. The van der Waals surface area contributed by atoms with Gasteiger partial charge >= 0.3 is 0 Å². The Morgan fingerprint density at radius 3 is 2.24 bits per heavy atom. The van der Waals surface area contributed by atoms with E-state index in [1.165, 1.54) is 6.07 Å². The first-order valence-electron chi connectivity index (χ1n) is 7.11. The van der Waals surface area contributed by atoms with E-state index in [0.717, 1.165) is 18.6 Å². The third-order valence-electron chi connectivity index (χ3n) is 4.65. The fourth-order valence-electron chi connectivity index (χ4n) is 3.51. The lowest BCUT2D eigenvalue weighted by Crippen LogP contribution is -2.45. The fourth-order valence-corrected chi connectivity index (χ4v) is 6.04. The molecule has 2 aliphatic heterocycles. The second-order valence-electron chi connectivity index (χ2n) is 5.93. The number of carbonyl (C=O) groups excluding carboxylic acids is 1. The maximum Gasteiger partial charge on any atom is 0.166 e. The molecule has 0 spiro atoms. The zero-order chi connectivity index (χ0) is 15.2. The van der Waals surface area contributed by atoms with Crippen LogP contribution in [0.4, 0.5) is 8.78 Å². The molecule has 6 heteroatoms. The molecule has 0 aromatic heterocycles. The third kappa shape index (κ3) is 2.50. The van der Waals surface area contributed by atoms with Crippen molar-refractivity contribution < 1.29 is 22.0 Å². The van der Waals surface area contributed by atoms with E-state index in [1.807, 2.05) is 0 Å². The Hall–Kier alpha value is -1.30. The smallest absolute Gasteiger partial charge is 0.166 e. The molecule has 3 rings (SSSR count). The summed E-state index contributed by atoms with van der Waals surface area (Å²) in [6.07, 6.45) is 2.68. The highest BCUT2D eigenvalue weighted by atomic mass is 32.2. The minimum Gasteiger partial charge on any atom is -0.294 e. The average Bonchev–Trinajstić information content (AvgIpc) is 2.40. The van der Waals surface area contributed by atoms with Crippen LogP contribution >= 0.6 is 0 Å². The molecule has 2 heterocycles. The molecular weight excluding hydrogens is 298 g/mol. The van der Waals surface area contributed by atoms with Crippen molar-refractivity contribution in [3.8, 4) is 0 Å². The van der Waals surface area contributed by atoms with Gasteiger partial charge in [0.2, 0.25) is 0 Å². The minimum absolute atomic E-state index is 0.122. The zero-order valence-electron chi connectivity index (χ0n) is 11.4. The van der Waals surface area contributed by atoms with Crippen LogP contribution in [0.1, 0.15) is 42.5 Å². The van der Waals surface area contributed by atoms with Gasteiger partial charge in [-0.3, -0.25) is 4.79 Å². The van der Waals surface area contributed by atoms with Crippen molar-refractivity contribution in [2.45, 2.75) is 42.6 Å². The highest BCUT2D eigenvalue weighted by Crippen LogP contribution is 2.40. The lowest BCUT2D eigenvalue weighted by atomic mass is 9.84. The van der Waals surface area contributed by atoms with Crippen LogP contribution in [-0.2, 0) is 9.84 Å². The molecule has 0 N–H and O–H groups in total. The number of ketones is 1. The topological polar surface area (TPSA) is 51.2 Å². The number of hydrogen-bond acceptors (Lipinski definition) is 3. The molecule has 21 heavy (non-hydrogen) atoms. The van der Waals surface area contributed by atoms with Gasteiger partial charge in [-0.15, -0.1) is 0 Å². The van der Waals surface area contributed by atoms with Crippen molar-refractivity contribution in [1.82, 2.24) is 0 Å². The summed E-state index contributed by atoms with van der Waals surface area (Å²) in [6, 6.07) is 3.10. The summed E-state index contributed by atoms with van der Waals surface area (Å²) in [5.74, 6) is -2.73. The maximum absolute atomic E-state index is 13.2. The molecule has 3 nitrogen and oxygen atoms in total. The Labute approximate surface area is 122 Å². The number of halogens is 2. The summed E-state index contributed by atoms with van der Waals surface area (Å²) in [6.45, 7) is 0.